The van der Waals surface area contributed by atoms with E-state index in [1.54, 1.807) is 18.0 Å². The molecular formula is C15H22N2O3. The Kier molecular flexibility index (Phi) is 4.49. The van der Waals surface area contributed by atoms with Crippen molar-refractivity contribution in [3.05, 3.63) is 23.8 Å². The molecule has 0 saturated carbocycles. The molecule has 1 fully saturated rings. The summed E-state index contributed by atoms with van der Waals surface area (Å²) in [5.74, 6) is -0.871. The molecule has 5 heteroatoms. The summed E-state index contributed by atoms with van der Waals surface area (Å²) in [5, 5.41) is 19.2. The van der Waals surface area contributed by atoms with E-state index >= 15 is 0 Å². The molecular weight excluding hydrogens is 256 g/mol. The lowest BCUT2D eigenvalue weighted by molar-refractivity contribution is 0.0751. The number of aromatic hydroxyl groups is 2. The van der Waals surface area contributed by atoms with Crippen LogP contribution in [-0.4, -0.2) is 58.6 Å². The van der Waals surface area contributed by atoms with Gasteiger partial charge in [-0.05, 0) is 38.1 Å². The second-order valence-electron chi connectivity index (χ2n) is 5.28. The number of hydrogen-bond acceptors (Lipinski definition) is 4. The van der Waals surface area contributed by atoms with Crippen LogP contribution in [0.5, 0.6) is 11.5 Å². The number of benzene rings is 1. The first-order valence-electron chi connectivity index (χ1n) is 7.05. The number of para-hydroxylation sites is 1. The van der Waals surface area contributed by atoms with Gasteiger partial charge < -0.3 is 15.1 Å². The van der Waals surface area contributed by atoms with Crippen LogP contribution in [0.1, 0.15) is 30.1 Å². The van der Waals surface area contributed by atoms with Crippen LogP contribution in [0.2, 0.25) is 0 Å². The number of carbonyl (C=O) groups excluding carboxylic acids is 1. The molecule has 0 aromatic heterocycles. The van der Waals surface area contributed by atoms with Crippen LogP contribution >= 0.6 is 0 Å². The van der Waals surface area contributed by atoms with Crippen molar-refractivity contribution in [1.82, 2.24) is 9.80 Å². The predicted molar refractivity (Wildman–Crippen MR) is 77.0 cm³/mol. The lowest BCUT2D eigenvalue weighted by Gasteiger charge is -2.28. The van der Waals surface area contributed by atoms with Gasteiger partial charge >= 0.3 is 0 Å². The van der Waals surface area contributed by atoms with Crippen molar-refractivity contribution < 1.29 is 15.0 Å². The Hall–Kier alpha value is -1.75. The Bertz CT molecular complexity index is 490. The van der Waals surface area contributed by atoms with Gasteiger partial charge in [-0.1, -0.05) is 13.0 Å². The van der Waals surface area contributed by atoms with Gasteiger partial charge in [-0.25, -0.2) is 0 Å². The zero-order valence-electron chi connectivity index (χ0n) is 12.0. The maximum absolute atomic E-state index is 12.3. The second kappa shape index (κ2) is 6.13. The number of nitrogens with zero attached hydrogens (tertiary/aromatic N) is 2. The molecule has 0 spiro atoms. The van der Waals surface area contributed by atoms with Crippen LogP contribution in [0, 0.1) is 0 Å². The van der Waals surface area contributed by atoms with Crippen molar-refractivity contribution in [1.29, 1.82) is 0 Å². The average molecular weight is 278 g/mol. The standard InChI is InChI=1S/C15H22N2O3/c1-3-17-9-5-6-11(17)10-16(2)15(20)12-7-4-8-13(18)14(12)19/h4,7-8,11,18-19H,3,5-6,9-10H2,1-2H3. The number of hydrogen-bond donors (Lipinski definition) is 2. The number of likely N-dealkylation sites (N-methyl/N-ethyl adjacent to an activating group) is 2. The topological polar surface area (TPSA) is 64.0 Å². The number of phenols is 2. The second-order valence-corrected chi connectivity index (χ2v) is 5.28. The highest BCUT2D eigenvalue weighted by molar-refractivity contribution is 5.97. The van der Waals surface area contributed by atoms with Gasteiger partial charge in [0.15, 0.2) is 11.5 Å². The van der Waals surface area contributed by atoms with Gasteiger partial charge in [0.2, 0.25) is 0 Å². The Morgan fingerprint density at radius 1 is 1.45 bits per heavy atom. The minimum atomic E-state index is -0.344. The van der Waals surface area contributed by atoms with Gasteiger partial charge in [-0.3, -0.25) is 9.69 Å². The summed E-state index contributed by atoms with van der Waals surface area (Å²) in [6.07, 6.45) is 2.26. The predicted octanol–water partition coefficient (Wildman–Crippen LogP) is 1.65. The molecule has 1 aromatic rings. The van der Waals surface area contributed by atoms with E-state index in [1.807, 2.05) is 0 Å². The third kappa shape index (κ3) is 2.88. The van der Waals surface area contributed by atoms with Gasteiger partial charge in [-0.2, -0.15) is 0 Å². The first-order valence-corrected chi connectivity index (χ1v) is 7.05. The molecule has 1 aliphatic heterocycles. The van der Waals surface area contributed by atoms with Gasteiger partial charge in [0, 0.05) is 19.6 Å². The molecule has 20 heavy (non-hydrogen) atoms. The molecule has 0 aliphatic carbocycles. The quantitative estimate of drug-likeness (QED) is 0.822. The monoisotopic (exact) mass is 278 g/mol. The normalized spacial score (nSPS) is 19.2. The molecule has 1 aromatic carbocycles. The fourth-order valence-electron chi connectivity index (χ4n) is 2.83. The summed E-state index contributed by atoms with van der Waals surface area (Å²) in [5.41, 5.74) is 0.147. The largest absolute Gasteiger partial charge is 0.504 e. The van der Waals surface area contributed by atoms with Crippen LogP contribution in [-0.2, 0) is 0 Å². The van der Waals surface area contributed by atoms with E-state index in [-0.39, 0.29) is 23.0 Å². The van der Waals surface area contributed by atoms with Crippen LogP contribution < -0.4 is 0 Å². The summed E-state index contributed by atoms with van der Waals surface area (Å²) in [4.78, 5) is 16.3. The first-order chi connectivity index (χ1) is 9.54. The van der Waals surface area contributed by atoms with Crippen LogP contribution in [0.15, 0.2) is 18.2 Å². The third-order valence-electron chi connectivity index (χ3n) is 3.98. The Morgan fingerprint density at radius 3 is 2.90 bits per heavy atom. The zero-order valence-corrected chi connectivity index (χ0v) is 12.0. The Balaban J connectivity index is 2.07. The molecule has 110 valence electrons. The van der Waals surface area contributed by atoms with E-state index in [0.717, 1.165) is 25.9 Å². The number of carbonyl (C=O) groups is 1. The number of likely N-dealkylation sites (tertiary alicyclic amines) is 1. The number of amides is 1. The highest BCUT2D eigenvalue weighted by Crippen LogP contribution is 2.29. The van der Waals surface area contributed by atoms with Crippen molar-refractivity contribution in [3.8, 4) is 11.5 Å². The van der Waals surface area contributed by atoms with Gasteiger partial charge in [0.05, 0.1) is 5.56 Å². The maximum Gasteiger partial charge on any atom is 0.257 e. The summed E-state index contributed by atoms with van der Waals surface area (Å²) in [7, 11) is 1.73. The lowest BCUT2D eigenvalue weighted by Crippen LogP contribution is -2.41. The Labute approximate surface area is 119 Å². The van der Waals surface area contributed by atoms with E-state index in [4.69, 9.17) is 0 Å². The zero-order chi connectivity index (χ0) is 14.7. The summed E-state index contributed by atoms with van der Waals surface area (Å²) in [6.45, 7) is 4.84. The molecule has 2 rings (SSSR count). The number of phenolic OH excluding ortho intramolecular Hbond substituents is 2. The fraction of sp³-hybridized carbons (Fsp3) is 0.533. The van der Waals surface area contributed by atoms with Gasteiger partial charge in [0.1, 0.15) is 0 Å². The molecule has 5 nitrogen and oxygen atoms in total. The fourth-order valence-corrected chi connectivity index (χ4v) is 2.83. The van der Waals surface area contributed by atoms with Gasteiger partial charge in [-0.15, -0.1) is 0 Å². The molecule has 1 unspecified atom stereocenters. The van der Waals surface area contributed by atoms with Gasteiger partial charge in [0.25, 0.3) is 5.91 Å². The van der Waals surface area contributed by atoms with E-state index in [9.17, 15) is 15.0 Å². The molecule has 0 radical (unpaired) electrons. The van der Waals surface area contributed by atoms with Crippen molar-refractivity contribution in [3.63, 3.8) is 0 Å². The van der Waals surface area contributed by atoms with Crippen LogP contribution in [0.25, 0.3) is 0 Å². The molecule has 1 amide bonds. The lowest BCUT2D eigenvalue weighted by atomic mass is 10.1. The highest BCUT2D eigenvalue weighted by Gasteiger charge is 2.26. The maximum atomic E-state index is 12.3. The third-order valence-corrected chi connectivity index (χ3v) is 3.98. The van der Waals surface area contributed by atoms with E-state index in [1.165, 1.54) is 12.1 Å². The number of rotatable bonds is 4. The summed E-state index contributed by atoms with van der Waals surface area (Å²) < 4.78 is 0. The average Bonchev–Trinajstić information content (AvgIpc) is 2.88. The molecule has 0 bridgehead atoms. The van der Waals surface area contributed by atoms with Crippen LogP contribution in [0.4, 0.5) is 0 Å². The van der Waals surface area contributed by atoms with Crippen molar-refractivity contribution in [2.75, 3.05) is 26.7 Å². The van der Waals surface area contributed by atoms with Crippen molar-refractivity contribution >= 4 is 5.91 Å². The first kappa shape index (κ1) is 14.7. The van der Waals surface area contributed by atoms with E-state index in [2.05, 4.69) is 11.8 Å². The minimum Gasteiger partial charge on any atom is -0.504 e. The van der Waals surface area contributed by atoms with Crippen molar-refractivity contribution in [2.24, 2.45) is 0 Å². The van der Waals surface area contributed by atoms with Crippen molar-refractivity contribution in [2.45, 2.75) is 25.8 Å². The highest BCUT2D eigenvalue weighted by atomic mass is 16.3. The van der Waals surface area contributed by atoms with E-state index < -0.39 is 0 Å². The molecule has 2 N–H and O–H groups in total. The van der Waals surface area contributed by atoms with Crippen LogP contribution in [0.3, 0.4) is 0 Å². The molecule has 1 atom stereocenters. The molecule has 1 saturated heterocycles. The molecule has 1 heterocycles. The Morgan fingerprint density at radius 2 is 2.20 bits per heavy atom. The smallest absolute Gasteiger partial charge is 0.257 e. The summed E-state index contributed by atoms with van der Waals surface area (Å²) >= 11 is 0. The SMILES string of the molecule is CCN1CCCC1CN(C)C(=O)c1cccc(O)c1O. The summed E-state index contributed by atoms with van der Waals surface area (Å²) in [6, 6.07) is 4.83. The van der Waals surface area contributed by atoms with E-state index in [0.29, 0.717) is 12.6 Å². The molecule has 1 aliphatic rings. The minimum absolute atomic E-state index is 0.147.